The Bertz CT molecular complexity index is 1160. The molecule has 0 bridgehead atoms. The number of rotatable bonds is 2. The van der Waals surface area contributed by atoms with Crippen LogP contribution in [0.5, 0.6) is 0 Å². The third-order valence-corrected chi connectivity index (χ3v) is 5.06. The van der Waals surface area contributed by atoms with Crippen LogP contribution in [-0.4, -0.2) is 4.57 Å². The van der Waals surface area contributed by atoms with E-state index in [4.69, 9.17) is 0 Å². The van der Waals surface area contributed by atoms with E-state index < -0.39 is 0 Å². The van der Waals surface area contributed by atoms with Gasteiger partial charge < -0.3 is 0 Å². The van der Waals surface area contributed by atoms with Crippen molar-refractivity contribution >= 4 is 38.9 Å². The number of benzene rings is 2. The van der Waals surface area contributed by atoms with Crippen LogP contribution in [0.3, 0.4) is 0 Å². The average Bonchev–Trinajstić information content (AvgIpc) is 2.95. The zero-order chi connectivity index (χ0) is 17.8. The van der Waals surface area contributed by atoms with Crippen molar-refractivity contribution < 1.29 is 0 Å². The van der Waals surface area contributed by atoms with Crippen molar-refractivity contribution in [2.75, 3.05) is 0 Å². The first-order chi connectivity index (χ1) is 12.1. The number of halogens is 1. The molecule has 0 fully saturated rings. The minimum atomic E-state index is -0.253. The quantitative estimate of drug-likeness (QED) is 0.655. The molecule has 0 spiro atoms. The fraction of sp³-hybridized carbons (Fsp3) is 0. The lowest BCUT2D eigenvalue weighted by Gasteiger charge is -2.00. The van der Waals surface area contributed by atoms with E-state index in [9.17, 15) is 15.3 Å². The highest BCUT2D eigenvalue weighted by Crippen LogP contribution is 2.11. The maximum atomic E-state index is 12.9. The van der Waals surface area contributed by atoms with E-state index >= 15 is 0 Å². The van der Waals surface area contributed by atoms with E-state index in [1.165, 1.54) is 4.57 Å². The van der Waals surface area contributed by atoms with Crippen LogP contribution in [0.15, 0.2) is 63.9 Å². The van der Waals surface area contributed by atoms with Gasteiger partial charge in [0.1, 0.15) is 16.8 Å². The highest BCUT2D eigenvalue weighted by atomic mass is 79.9. The molecule has 6 heteroatoms. The summed E-state index contributed by atoms with van der Waals surface area (Å²) in [7, 11) is 0. The van der Waals surface area contributed by atoms with Crippen LogP contribution < -0.4 is 14.8 Å². The number of nitrogens with zero attached hydrogens (tertiary/aromatic N) is 3. The predicted molar refractivity (Wildman–Crippen MR) is 102 cm³/mol. The molecule has 3 rings (SSSR count). The van der Waals surface area contributed by atoms with Crippen LogP contribution in [-0.2, 0) is 0 Å². The molecule has 0 radical (unpaired) electrons. The normalized spacial score (nSPS) is 10.9. The highest BCUT2D eigenvalue weighted by Gasteiger charge is 2.10. The average molecular weight is 408 g/mol. The summed E-state index contributed by atoms with van der Waals surface area (Å²) >= 11 is 4.52. The summed E-state index contributed by atoms with van der Waals surface area (Å²) in [6.07, 6.45) is 1.76. The molecule has 1 aromatic heterocycles. The number of para-hydroxylation sites is 1. The third-order valence-electron chi connectivity index (χ3n) is 3.44. The summed E-state index contributed by atoms with van der Waals surface area (Å²) in [5, 5.41) is 18.5. The van der Waals surface area contributed by atoms with E-state index in [1.807, 2.05) is 42.5 Å². The Hall–Kier alpha value is -2.93. The van der Waals surface area contributed by atoms with E-state index in [0.717, 1.165) is 21.4 Å². The first-order valence-corrected chi connectivity index (χ1v) is 8.84. The van der Waals surface area contributed by atoms with Gasteiger partial charge in [-0.05, 0) is 35.9 Å². The molecule has 0 aliphatic heterocycles. The first kappa shape index (κ1) is 16.9. The Morgan fingerprint density at radius 3 is 2.28 bits per heavy atom. The molecular weight excluding hydrogens is 398 g/mol. The molecule has 1 heterocycles. The fourth-order valence-corrected chi connectivity index (χ4v) is 3.61. The largest absolute Gasteiger partial charge is 0.273 e. The SMILES string of the molecule is N#CC(C#N)=c1s/c(=C\c2ccc(Br)cc2)c(=O)n1-c1ccccc1. The second-order valence-corrected chi connectivity index (χ2v) is 6.99. The van der Waals surface area contributed by atoms with Gasteiger partial charge in [-0.3, -0.25) is 9.36 Å². The topological polar surface area (TPSA) is 69.6 Å². The maximum absolute atomic E-state index is 12.9. The molecule has 0 amide bonds. The Morgan fingerprint density at radius 2 is 1.68 bits per heavy atom. The molecule has 25 heavy (non-hydrogen) atoms. The van der Waals surface area contributed by atoms with Gasteiger partial charge >= 0.3 is 0 Å². The van der Waals surface area contributed by atoms with Gasteiger partial charge in [-0.15, -0.1) is 11.3 Å². The first-order valence-electron chi connectivity index (χ1n) is 7.23. The Balaban J connectivity index is 2.37. The highest BCUT2D eigenvalue weighted by molar-refractivity contribution is 9.10. The van der Waals surface area contributed by atoms with Gasteiger partial charge in [0.2, 0.25) is 0 Å². The number of thiazole rings is 1. The Kier molecular flexibility index (Phi) is 4.95. The van der Waals surface area contributed by atoms with Gasteiger partial charge in [0.25, 0.3) is 5.56 Å². The van der Waals surface area contributed by atoms with Crippen molar-refractivity contribution in [3.8, 4) is 17.8 Å². The van der Waals surface area contributed by atoms with Gasteiger partial charge in [0.15, 0.2) is 5.57 Å². The zero-order valence-electron chi connectivity index (χ0n) is 12.8. The van der Waals surface area contributed by atoms with Crippen molar-refractivity contribution in [2.45, 2.75) is 0 Å². The Labute approximate surface area is 156 Å². The minimum Gasteiger partial charge on any atom is -0.267 e. The molecular formula is C19H10BrN3OS. The second kappa shape index (κ2) is 7.31. The summed E-state index contributed by atoms with van der Waals surface area (Å²) in [5.74, 6) is 0. The van der Waals surface area contributed by atoms with Gasteiger partial charge in [-0.25, -0.2) is 0 Å². The molecule has 0 saturated carbocycles. The monoisotopic (exact) mass is 407 g/mol. The summed E-state index contributed by atoms with van der Waals surface area (Å²) in [5.41, 5.74) is 1.15. The van der Waals surface area contributed by atoms with Crippen molar-refractivity contribution in [3.63, 3.8) is 0 Å². The minimum absolute atomic E-state index is 0.0820. The third kappa shape index (κ3) is 3.46. The van der Waals surface area contributed by atoms with Crippen LogP contribution in [0.1, 0.15) is 5.56 Å². The lowest BCUT2D eigenvalue weighted by Crippen LogP contribution is -2.30. The molecule has 4 nitrogen and oxygen atoms in total. The van der Waals surface area contributed by atoms with Crippen LogP contribution in [0.2, 0.25) is 0 Å². The molecule has 3 aromatic rings. The molecule has 2 aromatic carbocycles. The molecule has 0 aliphatic carbocycles. The molecule has 0 saturated heterocycles. The maximum Gasteiger partial charge on any atom is 0.273 e. The molecule has 120 valence electrons. The Morgan fingerprint density at radius 1 is 1.04 bits per heavy atom. The van der Waals surface area contributed by atoms with Gasteiger partial charge in [-0.1, -0.05) is 46.3 Å². The van der Waals surface area contributed by atoms with E-state index in [0.29, 0.717) is 14.9 Å². The predicted octanol–water partition coefficient (Wildman–Crippen LogP) is 2.69. The van der Waals surface area contributed by atoms with Gasteiger partial charge in [-0.2, -0.15) is 10.5 Å². The van der Waals surface area contributed by atoms with Crippen LogP contribution in [0.25, 0.3) is 17.3 Å². The summed E-state index contributed by atoms with van der Waals surface area (Å²) < 4.78 is 3.16. The smallest absolute Gasteiger partial charge is 0.267 e. The van der Waals surface area contributed by atoms with Crippen molar-refractivity contribution in [1.82, 2.24) is 4.57 Å². The van der Waals surface area contributed by atoms with Crippen LogP contribution >= 0.6 is 27.3 Å². The lowest BCUT2D eigenvalue weighted by atomic mass is 10.2. The summed E-state index contributed by atoms with van der Waals surface area (Å²) in [6.45, 7) is 0. The summed E-state index contributed by atoms with van der Waals surface area (Å²) in [4.78, 5) is 12.9. The number of aromatic nitrogens is 1. The second-order valence-electron chi connectivity index (χ2n) is 5.04. The van der Waals surface area contributed by atoms with E-state index in [2.05, 4.69) is 15.9 Å². The molecule has 0 unspecified atom stereocenters. The van der Waals surface area contributed by atoms with Gasteiger partial charge in [0, 0.05) is 4.47 Å². The van der Waals surface area contributed by atoms with Gasteiger partial charge in [0.05, 0.1) is 10.2 Å². The lowest BCUT2D eigenvalue weighted by molar-refractivity contribution is 0.988. The zero-order valence-corrected chi connectivity index (χ0v) is 15.2. The number of hydrogen-bond acceptors (Lipinski definition) is 4. The van der Waals surface area contributed by atoms with E-state index in [-0.39, 0.29) is 11.1 Å². The van der Waals surface area contributed by atoms with Crippen LogP contribution in [0, 0.1) is 22.7 Å². The van der Waals surface area contributed by atoms with Crippen molar-refractivity contribution in [1.29, 1.82) is 10.5 Å². The number of nitriles is 2. The summed E-state index contributed by atoms with van der Waals surface area (Å²) in [6, 6.07) is 20.3. The van der Waals surface area contributed by atoms with Crippen molar-refractivity contribution in [2.24, 2.45) is 0 Å². The van der Waals surface area contributed by atoms with Crippen molar-refractivity contribution in [3.05, 3.63) is 84.2 Å². The molecule has 0 atom stereocenters. The standard InChI is InChI=1S/C19H10BrN3OS/c20-15-8-6-13(7-9-15)10-17-18(24)23(16-4-2-1-3-5-16)19(25-17)14(11-21)12-22/h1-10H/b17-10-. The molecule has 0 aliphatic rings. The fourth-order valence-electron chi connectivity index (χ4n) is 2.29. The van der Waals surface area contributed by atoms with E-state index in [1.54, 1.807) is 30.3 Å². The number of hydrogen-bond donors (Lipinski definition) is 0. The molecule has 0 N–H and O–H groups in total. The van der Waals surface area contributed by atoms with Crippen LogP contribution in [0.4, 0.5) is 0 Å².